The summed E-state index contributed by atoms with van der Waals surface area (Å²) in [5.41, 5.74) is 2.26. The van der Waals surface area contributed by atoms with Crippen molar-refractivity contribution >= 4 is 22.7 Å². The molecule has 1 aromatic heterocycles. The molecule has 0 amide bonds. The van der Waals surface area contributed by atoms with Gasteiger partial charge in [-0.05, 0) is 53.6 Å². The van der Waals surface area contributed by atoms with Gasteiger partial charge in [0.2, 0.25) is 0 Å². The zero-order valence-corrected chi connectivity index (χ0v) is 18.7. The van der Waals surface area contributed by atoms with Crippen LogP contribution in [0.25, 0.3) is 16.8 Å². The summed E-state index contributed by atoms with van der Waals surface area (Å²) in [6, 6.07) is 19.0. The van der Waals surface area contributed by atoms with Gasteiger partial charge in [-0.3, -0.25) is 9.00 Å². The van der Waals surface area contributed by atoms with E-state index in [0.29, 0.717) is 38.7 Å². The van der Waals surface area contributed by atoms with Gasteiger partial charge in [0.05, 0.1) is 17.4 Å². The Balaban J connectivity index is 1.76. The van der Waals surface area contributed by atoms with Crippen molar-refractivity contribution in [2.24, 2.45) is 0 Å². The fourth-order valence-electron chi connectivity index (χ4n) is 3.27. The van der Waals surface area contributed by atoms with Crippen molar-refractivity contribution in [3.63, 3.8) is 0 Å². The number of benzene rings is 3. The van der Waals surface area contributed by atoms with Crippen LogP contribution >= 0.6 is 11.6 Å². The lowest BCUT2D eigenvalue weighted by atomic mass is 10.0. The van der Waals surface area contributed by atoms with E-state index in [1.807, 2.05) is 0 Å². The van der Waals surface area contributed by atoms with Crippen LogP contribution in [0.5, 0.6) is 5.75 Å². The van der Waals surface area contributed by atoms with Crippen LogP contribution in [-0.2, 0) is 23.4 Å². The van der Waals surface area contributed by atoms with Gasteiger partial charge in [-0.1, -0.05) is 53.0 Å². The van der Waals surface area contributed by atoms with Gasteiger partial charge >= 0.3 is 0 Å². The third-order valence-electron chi connectivity index (χ3n) is 4.88. The molecule has 1 heterocycles. The molecule has 0 fully saturated rings. The molecule has 0 saturated heterocycles. The van der Waals surface area contributed by atoms with Crippen LogP contribution in [0.1, 0.15) is 11.1 Å². The van der Waals surface area contributed by atoms with Crippen molar-refractivity contribution in [1.82, 2.24) is 9.78 Å². The summed E-state index contributed by atoms with van der Waals surface area (Å²) in [6.45, 7) is -0.0881. The van der Waals surface area contributed by atoms with Gasteiger partial charge in [-0.15, -0.1) is 0 Å². The van der Waals surface area contributed by atoms with Crippen molar-refractivity contribution in [2.45, 2.75) is 12.4 Å². The van der Waals surface area contributed by atoms with E-state index in [1.54, 1.807) is 54.7 Å². The molecule has 0 aliphatic rings. The predicted molar refractivity (Wildman–Crippen MR) is 124 cm³/mol. The Morgan fingerprint density at radius 2 is 1.79 bits per heavy atom. The second-order valence-electron chi connectivity index (χ2n) is 7.12. The minimum atomic E-state index is -2.20. The highest BCUT2D eigenvalue weighted by Crippen LogP contribution is 2.24. The smallest absolute Gasteiger partial charge is 0.278 e. The second kappa shape index (κ2) is 10.1. The molecular weight excluding hydrogens is 467 g/mol. The summed E-state index contributed by atoms with van der Waals surface area (Å²) < 4.78 is 42.1. The van der Waals surface area contributed by atoms with Gasteiger partial charge in [0.25, 0.3) is 5.56 Å². The molecule has 0 saturated carbocycles. The molecule has 4 rings (SSSR count). The highest BCUT2D eigenvalue weighted by Gasteiger charge is 2.16. The number of aromatic nitrogens is 2. The molecule has 168 valence electrons. The zero-order chi connectivity index (χ0) is 23.4. The van der Waals surface area contributed by atoms with Gasteiger partial charge in [0, 0.05) is 16.3 Å². The van der Waals surface area contributed by atoms with Crippen LogP contribution in [0.15, 0.2) is 83.8 Å². The van der Waals surface area contributed by atoms with E-state index in [0.717, 1.165) is 0 Å². The van der Waals surface area contributed by atoms with E-state index < -0.39 is 22.5 Å². The van der Waals surface area contributed by atoms with Crippen molar-refractivity contribution in [2.75, 3.05) is 0 Å². The largest absolute Gasteiger partial charge is 0.772 e. The topological polar surface area (TPSA) is 84.2 Å². The van der Waals surface area contributed by atoms with E-state index in [1.165, 1.54) is 28.9 Å². The Labute approximate surface area is 196 Å². The Morgan fingerprint density at radius 3 is 2.45 bits per heavy atom. The first-order valence-electron chi connectivity index (χ1n) is 9.81. The Bertz CT molecular complexity index is 1360. The minimum Gasteiger partial charge on any atom is -0.772 e. The van der Waals surface area contributed by atoms with Gasteiger partial charge in [0.1, 0.15) is 18.2 Å². The third-order valence-corrected chi connectivity index (χ3v) is 5.68. The van der Waals surface area contributed by atoms with Crippen molar-refractivity contribution < 1.29 is 17.9 Å². The van der Waals surface area contributed by atoms with E-state index in [-0.39, 0.29) is 12.4 Å². The average Bonchev–Trinajstić information content (AvgIpc) is 2.79. The zero-order valence-electron chi connectivity index (χ0n) is 17.1. The molecule has 0 radical (unpaired) electrons. The van der Waals surface area contributed by atoms with Crippen LogP contribution in [0.4, 0.5) is 4.39 Å². The molecule has 1 atom stereocenters. The summed E-state index contributed by atoms with van der Waals surface area (Å²) in [6.07, 6.45) is 1.55. The second-order valence-corrected chi connectivity index (χ2v) is 8.45. The minimum absolute atomic E-state index is 0.0881. The molecule has 33 heavy (non-hydrogen) atoms. The number of ether oxygens (including phenoxy) is 1. The maximum Gasteiger partial charge on any atom is 0.278 e. The predicted octanol–water partition coefficient (Wildman–Crippen LogP) is 4.65. The highest BCUT2D eigenvalue weighted by molar-refractivity contribution is 7.78. The number of rotatable bonds is 7. The third kappa shape index (κ3) is 5.54. The first-order valence-corrected chi connectivity index (χ1v) is 11.4. The van der Waals surface area contributed by atoms with Crippen molar-refractivity contribution in [3.8, 4) is 22.6 Å². The number of nitrogens with zero attached hydrogens (tertiary/aromatic N) is 2. The molecule has 0 bridgehead atoms. The lowest BCUT2D eigenvalue weighted by Crippen LogP contribution is -2.26. The van der Waals surface area contributed by atoms with Gasteiger partial charge in [-0.2, -0.15) is 9.78 Å². The lowest BCUT2D eigenvalue weighted by Gasteiger charge is -2.14. The number of hydrogen-bond acceptors (Lipinski definition) is 5. The molecule has 0 spiro atoms. The van der Waals surface area contributed by atoms with E-state index in [2.05, 4.69) is 5.10 Å². The van der Waals surface area contributed by atoms with E-state index >= 15 is 0 Å². The first-order chi connectivity index (χ1) is 15.9. The van der Waals surface area contributed by atoms with Crippen LogP contribution < -0.4 is 10.3 Å². The molecular formula is C24H17ClFN2O4S-. The molecule has 3 aromatic carbocycles. The van der Waals surface area contributed by atoms with Gasteiger partial charge in [-0.25, -0.2) is 4.39 Å². The van der Waals surface area contributed by atoms with Gasteiger partial charge in [0.15, 0.2) is 0 Å². The monoisotopic (exact) mass is 483 g/mol. The van der Waals surface area contributed by atoms with Crippen LogP contribution in [0, 0.1) is 5.82 Å². The lowest BCUT2D eigenvalue weighted by molar-refractivity contribution is 0.303. The quantitative estimate of drug-likeness (QED) is 0.357. The molecule has 0 aliphatic carbocycles. The maximum atomic E-state index is 13.4. The molecule has 6 nitrogen and oxygen atoms in total. The molecule has 0 aliphatic heterocycles. The fraction of sp³-hybridized carbons (Fsp3) is 0.0833. The summed E-state index contributed by atoms with van der Waals surface area (Å²) in [4.78, 5) is 13.4. The van der Waals surface area contributed by atoms with Gasteiger partial charge < -0.3 is 9.29 Å². The Hall–Kier alpha value is -3.33. The normalized spacial score (nSPS) is 11.8. The molecule has 0 N–H and O–H groups in total. The average molecular weight is 484 g/mol. The molecule has 4 aromatic rings. The SMILES string of the molecule is O=c1c(COc2ccc(F)cc2)c(-c2ccc(CS(=O)[O-])cc2)cnn1-c1cccc(Cl)c1. The number of hydrogen-bond donors (Lipinski definition) is 0. The van der Waals surface area contributed by atoms with E-state index in [4.69, 9.17) is 16.3 Å². The van der Waals surface area contributed by atoms with Crippen molar-refractivity contribution in [3.05, 3.63) is 111 Å². The van der Waals surface area contributed by atoms with E-state index in [9.17, 15) is 17.9 Å². The van der Waals surface area contributed by atoms with Crippen LogP contribution in [0.2, 0.25) is 5.02 Å². The highest BCUT2D eigenvalue weighted by atomic mass is 35.5. The maximum absolute atomic E-state index is 13.4. The van der Waals surface area contributed by atoms with Crippen molar-refractivity contribution in [1.29, 1.82) is 0 Å². The molecule has 9 heteroatoms. The Kier molecular flexibility index (Phi) is 6.98. The summed E-state index contributed by atoms with van der Waals surface area (Å²) in [5, 5.41) is 4.76. The summed E-state index contributed by atoms with van der Waals surface area (Å²) in [7, 11) is 0. The Morgan fingerprint density at radius 1 is 1.06 bits per heavy atom. The standard InChI is InChI=1S/C24H18ClFN2O4S/c25-18-2-1-3-20(12-18)28-24(29)23(14-32-21-10-8-19(26)9-11-21)22(13-27-28)17-6-4-16(5-7-17)15-33(30)31/h1-13H,14-15H2,(H,30,31)/p-1. The first kappa shape index (κ1) is 22.8. The number of halogens is 2. The van der Waals surface area contributed by atoms with Crippen LogP contribution in [0.3, 0.4) is 0 Å². The fourth-order valence-corrected chi connectivity index (χ4v) is 3.92. The molecule has 1 unspecified atom stereocenters. The summed E-state index contributed by atoms with van der Waals surface area (Å²) in [5.74, 6) is -0.0920. The van der Waals surface area contributed by atoms with Crippen LogP contribution in [-0.4, -0.2) is 18.5 Å². The summed E-state index contributed by atoms with van der Waals surface area (Å²) >= 11 is 3.88.